The highest BCUT2D eigenvalue weighted by Gasteiger charge is 2.28. The normalized spacial score (nSPS) is 26.6. The average molecular weight is 183 g/mol. The predicted molar refractivity (Wildman–Crippen MR) is 44.6 cm³/mol. The highest BCUT2D eigenvalue weighted by Crippen LogP contribution is 2.22. The Bertz CT molecular complexity index is 290. The van der Waals surface area contributed by atoms with Crippen molar-refractivity contribution in [3.63, 3.8) is 0 Å². The second-order valence-corrected chi connectivity index (χ2v) is 3.12. The number of anilines is 1. The van der Waals surface area contributed by atoms with Crippen LogP contribution in [-0.4, -0.2) is 27.2 Å². The van der Waals surface area contributed by atoms with Gasteiger partial charge in [-0.05, 0) is 12.8 Å². The van der Waals surface area contributed by atoms with Crippen molar-refractivity contribution in [1.82, 2.24) is 9.97 Å². The summed E-state index contributed by atoms with van der Waals surface area (Å²) in [6.07, 6.45) is 3.58. The molecule has 1 heterocycles. The van der Waals surface area contributed by atoms with Crippen LogP contribution in [-0.2, 0) is 0 Å². The van der Waals surface area contributed by atoms with Crippen molar-refractivity contribution < 1.29 is 9.50 Å². The van der Waals surface area contributed by atoms with Gasteiger partial charge in [0.25, 0.3) is 0 Å². The van der Waals surface area contributed by atoms with E-state index in [4.69, 9.17) is 0 Å². The summed E-state index contributed by atoms with van der Waals surface area (Å²) in [5, 5.41) is 12.1. The van der Waals surface area contributed by atoms with E-state index in [9.17, 15) is 9.50 Å². The molecule has 0 saturated heterocycles. The number of aromatic nitrogens is 2. The molecule has 5 heteroatoms. The number of hydrogen-bond acceptors (Lipinski definition) is 4. The highest BCUT2D eigenvalue weighted by atomic mass is 19.1. The fourth-order valence-corrected chi connectivity index (χ4v) is 1.20. The van der Waals surface area contributed by atoms with Crippen LogP contribution in [0.5, 0.6) is 0 Å². The zero-order valence-corrected chi connectivity index (χ0v) is 6.94. The third-order valence-electron chi connectivity index (χ3n) is 2.17. The van der Waals surface area contributed by atoms with Gasteiger partial charge in [0.15, 0.2) is 5.82 Å². The van der Waals surface area contributed by atoms with Gasteiger partial charge in [-0.15, -0.1) is 0 Å². The quantitative estimate of drug-likeness (QED) is 0.703. The van der Waals surface area contributed by atoms with Crippen LogP contribution in [0.3, 0.4) is 0 Å². The summed E-state index contributed by atoms with van der Waals surface area (Å²) >= 11 is 0. The first-order valence-electron chi connectivity index (χ1n) is 4.18. The van der Waals surface area contributed by atoms with Crippen LogP contribution in [0.2, 0.25) is 0 Å². The fraction of sp³-hybridized carbons (Fsp3) is 0.500. The standard InChI is InChI=1S/C8H10FN3O/c9-5-3-10-8(11-4-5)12-6-1-2-7(6)13/h3-4,6-7,13H,1-2H2,(H,10,11,12). The Labute approximate surface area is 74.8 Å². The van der Waals surface area contributed by atoms with E-state index in [2.05, 4.69) is 15.3 Å². The van der Waals surface area contributed by atoms with E-state index in [-0.39, 0.29) is 12.1 Å². The molecule has 0 spiro atoms. The maximum Gasteiger partial charge on any atom is 0.223 e. The molecular weight excluding hydrogens is 173 g/mol. The molecule has 0 amide bonds. The zero-order valence-electron chi connectivity index (χ0n) is 6.94. The maximum absolute atomic E-state index is 12.4. The van der Waals surface area contributed by atoms with Gasteiger partial charge in [-0.25, -0.2) is 14.4 Å². The summed E-state index contributed by atoms with van der Waals surface area (Å²) in [4.78, 5) is 7.45. The molecule has 0 radical (unpaired) electrons. The molecule has 0 aliphatic heterocycles. The summed E-state index contributed by atoms with van der Waals surface area (Å²) in [6.45, 7) is 0. The van der Waals surface area contributed by atoms with Crippen molar-refractivity contribution in [2.75, 3.05) is 5.32 Å². The Morgan fingerprint density at radius 2 is 2.08 bits per heavy atom. The lowest BCUT2D eigenvalue weighted by Crippen LogP contribution is -2.43. The molecule has 1 aromatic heterocycles. The van der Waals surface area contributed by atoms with Crippen LogP contribution >= 0.6 is 0 Å². The molecule has 1 aliphatic rings. The molecule has 1 aromatic rings. The van der Waals surface area contributed by atoms with Crippen LogP contribution in [0.25, 0.3) is 0 Å². The second-order valence-electron chi connectivity index (χ2n) is 3.12. The van der Waals surface area contributed by atoms with Crippen LogP contribution in [0.4, 0.5) is 10.3 Å². The van der Waals surface area contributed by atoms with E-state index in [0.29, 0.717) is 5.95 Å². The predicted octanol–water partition coefficient (Wildman–Crippen LogP) is 0.551. The van der Waals surface area contributed by atoms with Crippen LogP contribution < -0.4 is 5.32 Å². The Morgan fingerprint density at radius 1 is 1.38 bits per heavy atom. The van der Waals surface area contributed by atoms with E-state index >= 15 is 0 Å². The van der Waals surface area contributed by atoms with Gasteiger partial charge in [-0.2, -0.15) is 0 Å². The van der Waals surface area contributed by atoms with E-state index in [1.54, 1.807) is 0 Å². The van der Waals surface area contributed by atoms with Crippen molar-refractivity contribution in [1.29, 1.82) is 0 Å². The monoisotopic (exact) mass is 183 g/mol. The molecule has 4 nitrogen and oxygen atoms in total. The zero-order chi connectivity index (χ0) is 9.26. The number of aliphatic hydroxyl groups is 1. The molecule has 1 fully saturated rings. The Morgan fingerprint density at radius 3 is 2.54 bits per heavy atom. The molecular formula is C8H10FN3O. The van der Waals surface area contributed by atoms with Gasteiger partial charge in [-0.1, -0.05) is 0 Å². The summed E-state index contributed by atoms with van der Waals surface area (Å²) < 4.78 is 12.4. The summed E-state index contributed by atoms with van der Waals surface area (Å²) in [6, 6.07) is 0.0189. The minimum atomic E-state index is -0.459. The molecule has 0 aromatic carbocycles. The molecule has 2 atom stereocenters. The van der Waals surface area contributed by atoms with Crippen molar-refractivity contribution in [2.45, 2.75) is 25.0 Å². The molecule has 1 saturated carbocycles. The van der Waals surface area contributed by atoms with Crippen molar-refractivity contribution in [3.8, 4) is 0 Å². The number of halogens is 1. The Hall–Kier alpha value is -1.23. The minimum absolute atomic E-state index is 0.0189. The lowest BCUT2D eigenvalue weighted by molar-refractivity contribution is 0.0782. The summed E-state index contributed by atoms with van der Waals surface area (Å²) in [5.41, 5.74) is 0. The topological polar surface area (TPSA) is 58.0 Å². The average Bonchev–Trinajstić information content (AvgIpc) is 2.15. The van der Waals surface area contributed by atoms with E-state index in [1.165, 1.54) is 0 Å². The van der Waals surface area contributed by atoms with E-state index in [0.717, 1.165) is 25.2 Å². The molecule has 2 rings (SSSR count). The SMILES string of the molecule is OC1CCC1Nc1ncc(F)cn1. The smallest absolute Gasteiger partial charge is 0.223 e. The number of rotatable bonds is 2. The maximum atomic E-state index is 12.4. The van der Waals surface area contributed by atoms with Gasteiger partial charge in [0.05, 0.1) is 24.5 Å². The summed E-state index contributed by atoms with van der Waals surface area (Å²) in [7, 11) is 0. The molecule has 0 bridgehead atoms. The first-order valence-corrected chi connectivity index (χ1v) is 4.18. The second kappa shape index (κ2) is 3.26. The van der Waals surface area contributed by atoms with Crippen molar-refractivity contribution in [3.05, 3.63) is 18.2 Å². The number of nitrogens with zero attached hydrogens (tertiary/aromatic N) is 2. The van der Waals surface area contributed by atoms with Crippen LogP contribution in [0.15, 0.2) is 12.4 Å². The number of nitrogens with one attached hydrogen (secondary N) is 1. The van der Waals surface area contributed by atoms with Gasteiger partial charge in [0, 0.05) is 0 Å². The largest absolute Gasteiger partial charge is 0.391 e. The van der Waals surface area contributed by atoms with Crippen LogP contribution in [0, 0.1) is 5.82 Å². The lowest BCUT2D eigenvalue weighted by Gasteiger charge is -2.32. The molecule has 70 valence electrons. The number of aliphatic hydroxyl groups excluding tert-OH is 1. The lowest BCUT2D eigenvalue weighted by atomic mass is 9.89. The fourth-order valence-electron chi connectivity index (χ4n) is 1.20. The minimum Gasteiger partial charge on any atom is -0.391 e. The van der Waals surface area contributed by atoms with E-state index in [1.807, 2.05) is 0 Å². The van der Waals surface area contributed by atoms with E-state index < -0.39 is 5.82 Å². The number of hydrogen-bond donors (Lipinski definition) is 2. The van der Waals surface area contributed by atoms with Gasteiger partial charge in [0.2, 0.25) is 5.95 Å². The summed E-state index contributed by atoms with van der Waals surface area (Å²) in [5.74, 6) is -0.0927. The molecule has 2 unspecified atom stereocenters. The first kappa shape index (κ1) is 8.37. The first-order chi connectivity index (χ1) is 6.25. The van der Waals surface area contributed by atoms with Gasteiger partial charge >= 0.3 is 0 Å². The van der Waals surface area contributed by atoms with Crippen LogP contribution in [0.1, 0.15) is 12.8 Å². The highest BCUT2D eigenvalue weighted by molar-refractivity contribution is 5.26. The van der Waals surface area contributed by atoms with Crippen molar-refractivity contribution in [2.24, 2.45) is 0 Å². The third-order valence-corrected chi connectivity index (χ3v) is 2.17. The molecule has 1 aliphatic carbocycles. The molecule has 13 heavy (non-hydrogen) atoms. The Kier molecular flexibility index (Phi) is 2.10. The third kappa shape index (κ3) is 1.75. The molecule has 2 N–H and O–H groups in total. The van der Waals surface area contributed by atoms with Gasteiger partial charge < -0.3 is 10.4 Å². The van der Waals surface area contributed by atoms with Gasteiger partial charge in [-0.3, -0.25) is 0 Å². The van der Waals surface area contributed by atoms with Crippen molar-refractivity contribution >= 4 is 5.95 Å². The van der Waals surface area contributed by atoms with Gasteiger partial charge in [0.1, 0.15) is 0 Å². The Balaban J connectivity index is 1.98.